The van der Waals surface area contributed by atoms with Gasteiger partial charge in [-0.1, -0.05) is 12.1 Å². The third-order valence-electron chi connectivity index (χ3n) is 4.57. The smallest absolute Gasteiger partial charge is 0.400 e. The van der Waals surface area contributed by atoms with E-state index in [1.54, 1.807) is 6.07 Å². The molecule has 0 amide bonds. The molecule has 25 heavy (non-hydrogen) atoms. The van der Waals surface area contributed by atoms with Crippen LogP contribution in [0.5, 0.6) is 0 Å². The largest absolute Gasteiger partial charge is 0.491 e. The number of hydrogen-bond donors (Lipinski definition) is 1. The fourth-order valence-electron chi connectivity index (χ4n) is 2.38. The molecule has 3 nitrogen and oxygen atoms in total. The zero-order valence-corrected chi connectivity index (χ0v) is 15.3. The van der Waals surface area contributed by atoms with E-state index in [2.05, 4.69) is 12.6 Å². The van der Waals surface area contributed by atoms with Crippen LogP contribution in [0.15, 0.2) is 23.7 Å². The van der Waals surface area contributed by atoms with E-state index in [0.717, 1.165) is 6.07 Å². The van der Waals surface area contributed by atoms with E-state index < -0.39 is 30.1 Å². The molecule has 2 rings (SSSR count). The molecule has 134 valence electrons. The lowest BCUT2D eigenvalue weighted by Gasteiger charge is -2.32. The van der Waals surface area contributed by atoms with Crippen LogP contribution in [-0.2, 0) is 15.5 Å². The van der Waals surface area contributed by atoms with Crippen LogP contribution in [0.2, 0.25) is 0 Å². The predicted molar refractivity (Wildman–Crippen MR) is 94.1 cm³/mol. The first kappa shape index (κ1) is 19.9. The highest BCUT2D eigenvalue weighted by Crippen LogP contribution is 2.40. The van der Waals surface area contributed by atoms with E-state index in [4.69, 9.17) is 14.6 Å². The van der Waals surface area contributed by atoms with Gasteiger partial charge in [-0.05, 0) is 50.9 Å². The molecule has 1 saturated heterocycles. The third kappa shape index (κ3) is 4.05. The average molecular weight is 369 g/mol. The second-order valence-corrected chi connectivity index (χ2v) is 7.19. The second-order valence-electron chi connectivity index (χ2n) is 6.88. The van der Waals surface area contributed by atoms with Gasteiger partial charge in [-0.25, -0.2) is 0 Å². The van der Waals surface area contributed by atoms with E-state index in [1.165, 1.54) is 18.2 Å². The normalized spacial score (nSPS) is 19.8. The van der Waals surface area contributed by atoms with Gasteiger partial charge in [-0.3, -0.25) is 0 Å². The van der Waals surface area contributed by atoms with Gasteiger partial charge in [0, 0.05) is 5.75 Å². The number of benzene rings is 1. The van der Waals surface area contributed by atoms with Gasteiger partial charge >= 0.3 is 13.3 Å². The maximum absolute atomic E-state index is 13.3. The molecular formula is C17H19BF3NO2S. The molecule has 0 radical (unpaired) electrons. The lowest BCUT2D eigenvalue weighted by Crippen LogP contribution is -2.41. The summed E-state index contributed by atoms with van der Waals surface area (Å²) in [5, 5.41) is 8.85. The van der Waals surface area contributed by atoms with Gasteiger partial charge in [0.15, 0.2) is 0 Å². The van der Waals surface area contributed by atoms with Crippen LogP contribution in [0, 0.1) is 11.3 Å². The summed E-state index contributed by atoms with van der Waals surface area (Å²) in [6.45, 7) is 7.47. The molecule has 0 atom stereocenters. The quantitative estimate of drug-likeness (QED) is 0.629. The molecule has 1 aliphatic heterocycles. The minimum absolute atomic E-state index is 0.0486. The number of nitrogens with zero attached hydrogens (tertiary/aromatic N) is 1. The minimum Gasteiger partial charge on any atom is -0.400 e. The summed E-state index contributed by atoms with van der Waals surface area (Å²) in [7, 11) is -0.778. The Hall–Kier alpha value is -1.43. The lowest BCUT2D eigenvalue weighted by atomic mass is 9.78. The molecule has 0 aliphatic carbocycles. The summed E-state index contributed by atoms with van der Waals surface area (Å²) in [5.41, 5.74) is -1.69. The van der Waals surface area contributed by atoms with Crippen LogP contribution in [0.25, 0.3) is 6.08 Å². The molecular weight excluding hydrogens is 350 g/mol. The van der Waals surface area contributed by atoms with Crippen molar-refractivity contribution in [2.24, 2.45) is 0 Å². The maximum atomic E-state index is 13.3. The number of nitriles is 1. The molecule has 0 aromatic heterocycles. The van der Waals surface area contributed by atoms with Gasteiger partial charge < -0.3 is 9.31 Å². The Labute approximate surface area is 151 Å². The fraction of sp³-hybridized carbons (Fsp3) is 0.471. The van der Waals surface area contributed by atoms with Crippen molar-refractivity contribution < 1.29 is 22.5 Å². The van der Waals surface area contributed by atoms with Crippen LogP contribution < -0.4 is 0 Å². The van der Waals surface area contributed by atoms with Crippen LogP contribution in [-0.4, -0.2) is 24.1 Å². The zero-order chi connectivity index (χ0) is 19.0. The Kier molecular flexibility index (Phi) is 5.34. The first-order chi connectivity index (χ1) is 11.4. The molecule has 0 saturated carbocycles. The monoisotopic (exact) mass is 369 g/mol. The molecule has 1 heterocycles. The summed E-state index contributed by atoms with van der Waals surface area (Å²) < 4.78 is 51.7. The van der Waals surface area contributed by atoms with Gasteiger partial charge in [-0.2, -0.15) is 31.1 Å². The molecule has 1 fully saturated rings. The van der Waals surface area contributed by atoms with E-state index in [1.807, 2.05) is 27.7 Å². The summed E-state index contributed by atoms with van der Waals surface area (Å²) in [6.07, 6.45) is -3.20. The van der Waals surface area contributed by atoms with Gasteiger partial charge in [0.1, 0.15) is 0 Å². The van der Waals surface area contributed by atoms with Crippen molar-refractivity contribution in [1.82, 2.24) is 0 Å². The van der Waals surface area contributed by atoms with Gasteiger partial charge in [0.2, 0.25) is 0 Å². The molecule has 8 heteroatoms. The van der Waals surface area contributed by atoms with Crippen molar-refractivity contribution in [2.75, 3.05) is 5.75 Å². The summed E-state index contributed by atoms with van der Waals surface area (Å²) in [5.74, 6) is 0.175. The van der Waals surface area contributed by atoms with Crippen molar-refractivity contribution in [2.45, 2.75) is 45.1 Å². The topological polar surface area (TPSA) is 42.2 Å². The molecule has 0 unspecified atom stereocenters. The van der Waals surface area contributed by atoms with Crippen LogP contribution in [0.1, 0.15) is 44.4 Å². The molecule has 0 bridgehead atoms. The molecule has 1 aromatic carbocycles. The van der Waals surface area contributed by atoms with Crippen LogP contribution in [0.3, 0.4) is 0 Å². The number of alkyl halides is 3. The van der Waals surface area contributed by atoms with Crippen molar-refractivity contribution in [3.63, 3.8) is 0 Å². The number of hydrogen-bond acceptors (Lipinski definition) is 4. The first-order valence-electron chi connectivity index (χ1n) is 7.69. The molecule has 1 aromatic rings. The first-order valence-corrected chi connectivity index (χ1v) is 8.33. The van der Waals surface area contributed by atoms with Crippen molar-refractivity contribution >= 4 is 25.8 Å². The number of thiol groups is 1. The standard InChI is InChI=1S/C17H19BF3NO2S/c1-15(2)16(3,4)24-18(23-15)13(10-25)8-12-6-5-11(9-22)7-14(12)17(19,20)21/h5-8,25H,10H2,1-4H3. The van der Waals surface area contributed by atoms with Gasteiger partial charge in [-0.15, -0.1) is 0 Å². The van der Waals surface area contributed by atoms with Crippen molar-refractivity contribution in [1.29, 1.82) is 5.26 Å². The second kappa shape index (κ2) is 6.71. The summed E-state index contributed by atoms with van der Waals surface area (Å²) in [6, 6.07) is 5.19. The van der Waals surface area contributed by atoms with E-state index in [9.17, 15) is 13.2 Å². The molecule has 0 N–H and O–H groups in total. The molecule has 1 aliphatic rings. The van der Waals surface area contributed by atoms with Gasteiger partial charge in [0.05, 0.1) is 28.4 Å². The average Bonchev–Trinajstić information content (AvgIpc) is 2.71. The predicted octanol–water partition coefficient (Wildman–Crippen LogP) is 4.52. The van der Waals surface area contributed by atoms with Crippen LogP contribution >= 0.6 is 12.6 Å². The van der Waals surface area contributed by atoms with E-state index in [-0.39, 0.29) is 16.9 Å². The highest BCUT2D eigenvalue weighted by atomic mass is 32.1. The van der Waals surface area contributed by atoms with E-state index >= 15 is 0 Å². The summed E-state index contributed by atoms with van der Waals surface area (Å²) in [4.78, 5) is 0. The Morgan fingerprint density at radius 3 is 2.24 bits per heavy atom. The SMILES string of the molecule is CC1(C)OB(C(=Cc2ccc(C#N)cc2C(F)(F)F)CS)OC1(C)C. The number of halogens is 3. The molecule has 0 spiro atoms. The van der Waals surface area contributed by atoms with E-state index in [0.29, 0.717) is 5.47 Å². The highest BCUT2D eigenvalue weighted by molar-refractivity contribution is 7.80. The Bertz CT molecular complexity index is 722. The fourth-order valence-corrected chi connectivity index (χ4v) is 2.62. The summed E-state index contributed by atoms with van der Waals surface area (Å²) >= 11 is 4.22. The van der Waals surface area contributed by atoms with Crippen LogP contribution in [0.4, 0.5) is 13.2 Å². The number of rotatable bonds is 3. The zero-order valence-electron chi connectivity index (χ0n) is 14.4. The lowest BCUT2D eigenvalue weighted by molar-refractivity contribution is -0.137. The minimum atomic E-state index is -4.57. The van der Waals surface area contributed by atoms with Gasteiger partial charge in [0.25, 0.3) is 0 Å². The van der Waals surface area contributed by atoms with Crippen molar-refractivity contribution in [3.05, 3.63) is 40.4 Å². The van der Waals surface area contributed by atoms with Crippen molar-refractivity contribution in [3.8, 4) is 6.07 Å². The highest BCUT2D eigenvalue weighted by Gasteiger charge is 2.52. The third-order valence-corrected chi connectivity index (χ3v) is 4.93. The Morgan fingerprint density at radius 2 is 1.80 bits per heavy atom. The Balaban J connectivity index is 2.47. The Morgan fingerprint density at radius 1 is 1.24 bits per heavy atom. The maximum Gasteiger partial charge on any atom is 0.491 e.